The fourth-order valence-corrected chi connectivity index (χ4v) is 4.15. The Labute approximate surface area is 125 Å². The van der Waals surface area contributed by atoms with E-state index in [4.69, 9.17) is 0 Å². The minimum atomic E-state index is -4.02. The van der Waals surface area contributed by atoms with Gasteiger partial charge in [-0.15, -0.1) is 0 Å². The van der Waals surface area contributed by atoms with Gasteiger partial charge in [0.15, 0.2) is 0 Å². The van der Waals surface area contributed by atoms with Gasteiger partial charge in [0.2, 0.25) is 0 Å². The van der Waals surface area contributed by atoms with Crippen LogP contribution >= 0.6 is 0 Å². The molecule has 0 bridgehead atoms. The van der Waals surface area contributed by atoms with E-state index < -0.39 is 12.6 Å². The predicted octanol–water partition coefficient (Wildman–Crippen LogP) is 3.57. The molecule has 2 unspecified atom stereocenters. The first-order valence-corrected chi connectivity index (χ1v) is 8.54. The first-order chi connectivity index (χ1) is 9.99. The van der Waals surface area contributed by atoms with Crippen molar-refractivity contribution in [3.63, 3.8) is 0 Å². The summed E-state index contributed by atoms with van der Waals surface area (Å²) in [6.07, 6.45) is 3.63. The van der Waals surface area contributed by atoms with Gasteiger partial charge in [0.05, 0.1) is 0 Å². The molecular weight excluding hydrogens is 277 g/mol. The molecule has 1 heterocycles. The highest BCUT2D eigenvalue weighted by molar-refractivity contribution is 4.93. The zero-order valence-corrected chi connectivity index (χ0v) is 12.7. The SMILES string of the molecule is FC(F)(F)CC1CC(NCC2CCCC2)CN(C2CC2)C1. The van der Waals surface area contributed by atoms with Gasteiger partial charge < -0.3 is 5.32 Å². The van der Waals surface area contributed by atoms with Crippen LogP contribution in [-0.2, 0) is 0 Å². The molecule has 2 aliphatic carbocycles. The molecule has 1 N–H and O–H groups in total. The van der Waals surface area contributed by atoms with Crippen LogP contribution in [0.3, 0.4) is 0 Å². The van der Waals surface area contributed by atoms with E-state index in [1.165, 1.54) is 38.5 Å². The van der Waals surface area contributed by atoms with Gasteiger partial charge in [-0.05, 0) is 50.5 Å². The summed E-state index contributed by atoms with van der Waals surface area (Å²) in [6, 6.07) is 0.823. The van der Waals surface area contributed by atoms with Gasteiger partial charge in [-0.1, -0.05) is 12.8 Å². The standard InChI is InChI=1S/C16H27F3N2/c17-16(18,19)8-13-7-14(11-21(10-13)15-5-6-15)20-9-12-3-1-2-4-12/h12-15,20H,1-11H2. The van der Waals surface area contributed by atoms with E-state index in [-0.39, 0.29) is 12.0 Å². The number of rotatable bonds is 5. The quantitative estimate of drug-likeness (QED) is 0.835. The molecule has 0 amide bonds. The van der Waals surface area contributed by atoms with Crippen molar-refractivity contribution in [3.05, 3.63) is 0 Å². The van der Waals surface area contributed by atoms with Gasteiger partial charge in [0.1, 0.15) is 0 Å². The second kappa shape index (κ2) is 6.45. The van der Waals surface area contributed by atoms with Gasteiger partial charge >= 0.3 is 6.18 Å². The van der Waals surface area contributed by atoms with Crippen molar-refractivity contribution in [2.75, 3.05) is 19.6 Å². The topological polar surface area (TPSA) is 15.3 Å². The molecule has 2 nitrogen and oxygen atoms in total. The number of hydrogen-bond acceptors (Lipinski definition) is 2. The van der Waals surface area contributed by atoms with Crippen molar-refractivity contribution in [3.8, 4) is 0 Å². The van der Waals surface area contributed by atoms with Crippen molar-refractivity contribution in [2.45, 2.75) is 69.6 Å². The fraction of sp³-hybridized carbons (Fsp3) is 1.00. The summed E-state index contributed by atoms with van der Waals surface area (Å²) in [5.41, 5.74) is 0. The monoisotopic (exact) mass is 304 g/mol. The van der Waals surface area contributed by atoms with Gasteiger partial charge in [-0.3, -0.25) is 4.90 Å². The maximum Gasteiger partial charge on any atom is 0.389 e. The molecule has 0 aromatic heterocycles. The molecule has 0 radical (unpaired) electrons. The van der Waals surface area contributed by atoms with Crippen LogP contribution in [0.2, 0.25) is 0 Å². The molecule has 3 aliphatic rings. The molecule has 5 heteroatoms. The number of nitrogens with one attached hydrogen (secondary N) is 1. The van der Waals surface area contributed by atoms with Gasteiger partial charge in [-0.2, -0.15) is 13.2 Å². The summed E-state index contributed by atoms with van der Waals surface area (Å²) in [7, 11) is 0. The minimum Gasteiger partial charge on any atom is -0.312 e. The van der Waals surface area contributed by atoms with Gasteiger partial charge in [-0.25, -0.2) is 0 Å². The van der Waals surface area contributed by atoms with Crippen LogP contribution < -0.4 is 5.32 Å². The van der Waals surface area contributed by atoms with Crippen molar-refractivity contribution >= 4 is 0 Å². The van der Waals surface area contributed by atoms with Crippen molar-refractivity contribution < 1.29 is 13.2 Å². The normalized spacial score (nSPS) is 32.7. The second-order valence-electron chi connectivity index (χ2n) is 7.36. The number of hydrogen-bond donors (Lipinski definition) is 1. The molecule has 0 aromatic carbocycles. The highest BCUT2D eigenvalue weighted by Crippen LogP contribution is 2.35. The maximum absolute atomic E-state index is 12.7. The van der Waals surface area contributed by atoms with Crippen LogP contribution in [0.1, 0.15) is 51.4 Å². The highest BCUT2D eigenvalue weighted by atomic mass is 19.4. The third-order valence-electron chi connectivity index (χ3n) is 5.32. The first-order valence-electron chi connectivity index (χ1n) is 8.54. The average Bonchev–Trinajstić information content (AvgIpc) is 3.11. The Balaban J connectivity index is 1.51. The molecule has 122 valence electrons. The molecule has 1 aliphatic heterocycles. The summed E-state index contributed by atoms with van der Waals surface area (Å²) in [6.45, 7) is 2.60. The van der Waals surface area contributed by atoms with E-state index in [0.717, 1.165) is 19.0 Å². The second-order valence-corrected chi connectivity index (χ2v) is 7.36. The van der Waals surface area contributed by atoms with E-state index in [9.17, 15) is 13.2 Å². The summed E-state index contributed by atoms with van der Waals surface area (Å²) in [4.78, 5) is 2.31. The van der Waals surface area contributed by atoms with Crippen LogP contribution in [0, 0.1) is 11.8 Å². The first kappa shape index (κ1) is 15.6. The van der Waals surface area contributed by atoms with E-state index in [0.29, 0.717) is 19.0 Å². The summed E-state index contributed by atoms with van der Waals surface area (Å²) < 4.78 is 38.1. The molecule has 2 atom stereocenters. The lowest BCUT2D eigenvalue weighted by molar-refractivity contribution is -0.149. The number of halogens is 3. The Morgan fingerprint density at radius 3 is 2.29 bits per heavy atom. The molecule has 0 aromatic rings. The Morgan fingerprint density at radius 1 is 0.952 bits per heavy atom. The summed E-state index contributed by atoms with van der Waals surface area (Å²) in [5.74, 6) is 0.530. The van der Waals surface area contributed by atoms with Crippen molar-refractivity contribution in [1.29, 1.82) is 0 Å². The lowest BCUT2D eigenvalue weighted by atomic mass is 9.90. The Morgan fingerprint density at radius 2 is 1.67 bits per heavy atom. The average molecular weight is 304 g/mol. The van der Waals surface area contributed by atoms with E-state index >= 15 is 0 Å². The summed E-state index contributed by atoms with van der Waals surface area (Å²) >= 11 is 0. The van der Waals surface area contributed by atoms with Gasteiger partial charge in [0, 0.05) is 31.6 Å². The number of likely N-dealkylation sites (tertiary alicyclic amines) is 1. The smallest absolute Gasteiger partial charge is 0.312 e. The van der Waals surface area contributed by atoms with Crippen molar-refractivity contribution in [1.82, 2.24) is 10.2 Å². The third-order valence-corrected chi connectivity index (χ3v) is 5.32. The molecule has 21 heavy (non-hydrogen) atoms. The highest BCUT2D eigenvalue weighted by Gasteiger charge is 2.40. The fourth-order valence-electron chi connectivity index (χ4n) is 4.15. The molecular formula is C16H27F3N2. The molecule has 0 spiro atoms. The Kier molecular flexibility index (Phi) is 4.79. The molecule has 1 saturated heterocycles. The molecule has 2 saturated carbocycles. The molecule has 3 rings (SSSR count). The number of piperidine rings is 1. The largest absolute Gasteiger partial charge is 0.389 e. The molecule has 3 fully saturated rings. The van der Waals surface area contributed by atoms with Crippen LogP contribution in [0.4, 0.5) is 13.2 Å². The van der Waals surface area contributed by atoms with Gasteiger partial charge in [0.25, 0.3) is 0 Å². The minimum absolute atomic E-state index is 0.222. The van der Waals surface area contributed by atoms with Crippen molar-refractivity contribution in [2.24, 2.45) is 11.8 Å². The van der Waals surface area contributed by atoms with Crippen LogP contribution in [-0.4, -0.2) is 42.8 Å². The Hall–Kier alpha value is -0.290. The lowest BCUT2D eigenvalue weighted by Crippen LogP contribution is -2.51. The van der Waals surface area contributed by atoms with Crippen LogP contribution in [0.25, 0.3) is 0 Å². The predicted molar refractivity (Wildman–Crippen MR) is 77.1 cm³/mol. The Bertz CT molecular complexity index is 335. The number of nitrogens with zero attached hydrogens (tertiary/aromatic N) is 1. The lowest BCUT2D eigenvalue weighted by Gasteiger charge is -2.39. The van der Waals surface area contributed by atoms with E-state index in [1.54, 1.807) is 0 Å². The van der Waals surface area contributed by atoms with E-state index in [2.05, 4.69) is 10.2 Å². The maximum atomic E-state index is 12.7. The third kappa shape index (κ3) is 4.85. The van der Waals surface area contributed by atoms with E-state index in [1.807, 2.05) is 0 Å². The van der Waals surface area contributed by atoms with Crippen LogP contribution in [0.15, 0.2) is 0 Å². The number of alkyl halides is 3. The zero-order valence-electron chi connectivity index (χ0n) is 12.7. The summed E-state index contributed by atoms with van der Waals surface area (Å²) in [5, 5.41) is 3.58. The van der Waals surface area contributed by atoms with Crippen LogP contribution in [0.5, 0.6) is 0 Å². The zero-order chi connectivity index (χ0) is 14.9.